The number of hydrogen-bond donors (Lipinski definition) is 1. The van der Waals surface area contributed by atoms with Crippen molar-refractivity contribution in [2.45, 2.75) is 63.7 Å². The fourth-order valence-electron chi connectivity index (χ4n) is 2.72. The second-order valence-corrected chi connectivity index (χ2v) is 6.64. The fourth-order valence-corrected chi connectivity index (χ4v) is 3.51. The Balaban J connectivity index is 3.40. The van der Waals surface area contributed by atoms with Gasteiger partial charge in [-0.1, -0.05) is 15.9 Å². The largest absolute Gasteiger partial charge is 0.463 e. The molecule has 154 valence electrons. The Bertz CT molecular complexity index is 584. The average Bonchev–Trinajstić information content (AvgIpc) is 2.51. The minimum atomic E-state index is -1.68. The summed E-state index contributed by atoms with van der Waals surface area (Å²) in [5.74, 6) is -2.44. The van der Waals surface area contributed by atoms with Crippen LogP contribution in [-0.4, -0.2) is 66.1 Å². The Kier molecular flexibility index (Phi) is 8.63. The predicted octanol–water partition coefficient (Wildman–Crippen LogP) is 0.402. The Morgan fingerprint density at radius 2 is 1.63 bits per heavy atom. The van der Waals surface area contributed by atoms with Gasteiger partial charge in [0.2, 0.25) is 11.6 Å². The molecule has 10 nitrogen and oxygen atoms in total. The van der Waals surface area contributed by atoms with Gasteiger partial charge in [0.05, 0.1) is 0 Å². The molecule has 0 bridgehead atoms. The van der Waals surface area contributed by atoms with Crippen LogP contribution in [0.2, 0.25) is 0 Å². The van der Waals surface area contributed by atoms with Crippen molar-refractivity contribution in [2.24, 2.45) is 0 Å². The number of ether oxygens (including phenoxy) is 5. The molecule has 1 aliphatic rings. The number of esters is 3. The molecule has 0 unspecified atom stereocenters. The maximum Gasteiger partial charge on any atom is 0.303 e. The topological polar surface area (TPSA) is 126 Å². The predicted molar refractivity (Wildman–Crippen MR) is 93.5 cm³/mol. The number of rotatable bonds is 7. The summed E-state index contributed by atoms with van der Waals surface area (Å²) in [5.41, 5.74) is -1.68. The van der Waals surface area contributed by atoms with Crippen LogP contribution in [-0.2, 0) is 42.9 Å². The van der Waals surface area contributed by atoms with Crippen LogP contribution in [0.25, 0.3) is 0 Å². The molecule has 0 aromatic carbocycles. The van der Waals surface area contributed by atoms with Gasteiger partial charge in [-0.15, -0.1) is 0 Å². The number of hydrogen-bond acceptors (Lipinski definition) is 9. The maximum absolute atomic E-state index is 11.8. The Labute approximate surface area is 165 Å². The third-order valence-corrected chi connectivity index (χ3v) is 4.42. The summed E-state index contributed by atoms with van der Waals surface area (Å²) in [6, 6.07) is 0. The van der Waals surface area contributed by atoms with E-state index in [9.17, 15) is 19.2 Å². The molecule has 0 saturated carbocycles. The van der Waals surface area contributed by atoms with E-state index in [1.807, 2.05) is 0 Å². The van der Waals surface area contributed by atoms with E-state index in [2.05, 4.69) is 21.2 Å². The van der Waals surface area contributed by atoms with Crippen LogP contribution < -0.4 is 5.32 Å². The smallest absolute Gasteiger partial charge is 0.303 e. The molecular weight excluding hydrogens is 430 g/mol. The van der Waals surface area contributed by atoms with E-state index in [0.717, 1.165) is 13.8 Å². The molecule has 0 aromatic heterocycles. The van der Waals surface area contributed by atoms with Crippen molar-refractivity contribution in [2.75, 3.05) is 13.2 Å². The summed E-state index contributed by atoms with van der Waals surface area (Å²) in [4.78, 5) is 46.3. The molecule has 0 spiro atoms. The molecule has 0 aliphatic carbocycles. The lowest BCUT2D eigenvalue weighted by Gasteiger charge is -2.50. The van der Waals surface area contributed by atoms with E-state index in [-0.39, 0.29) is 13.2 Å². The van der Waals surface area contributed by atoms with Gasteiger partial charge in [-0.2, -0.15) is 0 Å². The third-order valence-electron chi connectivity index (χ3n) is 3.52. The molecule has 27 heavy (non-hydrogen) atoms. The number of carbonyl (C=O) groups is 4. The number of carbonyl (C=O) groups excluding carboxylic acids is 4. The van der Waals surface area contributed by atoms with Crippen LogP contribution in [0.3, 0.4) is 0 Å². The van der Waals surface area contributed by atoms with Crippen molar-refractivity contribution >= 4 is 39.7 Å². The van der Waals surface area contributed by atoms with Crippen molar-refractivity contribution in [1.82, 2.24) is 5.32 Å². The van der Waals surface area contributed by atoms with Crippen molar-refractivity contribution in [1.29, 1.82) is 0 Å². The lowest BCUT2D eigenvalue weighted by molar-refractivity contribution is -0.282. The fraction of sp³-hybridized carbons (Fsp3) is 0.750. The zero-order valence-corrected chi connectivity index (χ0v) is 17.4. The van der Waals surface area contributed by atoms with Gasteiger partial charge in [-0.3, -0.25) is 19.2 Å². The summed E-state index contributed by atoms with van der Waals surface area (Å²) in [7, 11) is 0. The Morgan fingerprint density at radius 3 is 2.07 bits per heavy atom. The Hall–Kier alpha value is -1.72. The van der Waals surface area contributed by atoms with Crippen LogP contribution in [0.1, 0.15) is 34.6 Å². The second-order valence-electron chi connectivity index (χ2n) is 5.80. The van der Waals surface area contributed by atoms with Crippen LogP contribution in [0.5, 0.6) is 0 Å². The highest BCUT2D eigenvalue weighted by Crippen LogP contribution is 2.38. The van der Waals surface area contributed by atoms with Crippen molar-refractivity contribution in [3.63, 3.8) is 0 Å². The molecule has 1 amide bonds. The molecule has 0 radical (unpaired) electrons. The summed E-state index contributed by atoms with van der Waals surface area (Å²) in [6.07, 6.45) is -3.46. The minimum Gasteiger partial charge on any atom is -0.463 e. The minimum absolute atomic E-state index is 0.116. The normalized spacial score (nSPS) is 30.1. The SMILES string of the molecule is CCO[C@]1(NC(C)=O)[C@@H](Br)O[C@H](COC(C)=O)[C@@H](OC(C)=O)[C@@H]1OC(C)=O. The molecule has 1 rings (SSSR count). The molecular formula is C16H24BrNO9. The molecule has 0 aromatic rings. The van der Waals surface area contributed by atoms with Crippen molar-refractivity contribution in [3.05, 3.63) is 0 Å². The van der Waals surface area contributed by atoms with Crippen LogP contribution >= 0.6 is 15.9 Å². The highest BCUT2D eigenvalue weighted by atomic mass is 79.9. The first kappa shape index (κ1) is 23.3. The maximum atomic E-state index is 11.8. The van der Waals surface area contributed by atoms with E-state index in [0.29, 0.717) is 0 Å². The molecule has 5 atom stereocenters. The summed E-state index contributed by atoms with van der Waals surface area (Å²) in [6.45, 7) is 6.29. The van der Waals surface area contributed by atoms with E-state index < -0.39 is 52.9 Å². The Morgan fingerprint density at radius 1 is 1.04 bits per heavy atom. The summed E-state index contributed by atoms with van der Waals surface area (Å²) in [5, 5.41) is 1.57. The molecule has 11 heteroatoms. The number of alkyl halides is 1. The third kappa shape index (κ3) is 6.15. The molecule has 1 aliphatic heterocycles. The van der Waals surface area contributed by atoms with Gasteiger partial charge in [0.1, 0.15) is 12.7 Å². The van der Waals surface area contributed by atoms with Crippen LogP contribution in [0.4, 0.5) is 0 Å². The zero-order chi connectivity index (χ0) is 20.8. The van der Waals surface area contributed by atoms with Gasteiger partial charge in [0, 0.05) is 34.3 Å². The lowest BCUT2D eigenvalue weighted by atomic mass is 9.93. The first-order valence-corrected chi connectivity index (χ1v) is 9.15. The first-order valence-electron chi connectivity index (χ1n) is 8.23. The van der Waals surface area contributed by atoms with E-state index in [4.69, 9.17) is 23.7 Å². The molecule has 1 saturated heterocycles. The first-order chi connectivity index (χ1) is 12.5. The van der Waals surface area contributed by atoms with Gasteiger partial charge in [-0.05, 0) is 6.92 Å². The standard InChI is InChI=1S/C16H24BrNO9/c1-6-24-16(18-8(2)19)14(26-11(5)22)13(25-10(4)21)12(27-15(16)17)7-23-9(3)20/h12-15H,6-7H2,1-5H3,(H,18,19)/t12-,13-,14+,15+,16+/m1/s1. The number of nitrogens with one attached hydrogen (secondary N) is 1. The van der Waals surface area contributed by atoms with E-state index >= 15 is 0 Å². The second kappa shape index (κ2) is 10.00. The highest BCUT2D eigenvalue weighted by molar-refractivity contribution is 9.09. The van der Waals surface area contributed by atoms with Crippen molar-refractivity contribution < 1.29 is 42.9 Å². The molecule has 1 heterocycles. The van der Waals surface area contributed by atoms with Gasteiger partial charge in [-0.25, -0.2) is 0 Å². The summed E-state index contributed by atoms with van der Waals surface area (Å²) >= 11 is 3.28. The van der Waals surface area contributed by atoms with Gasteiger partial charge in [0.15, 0.2) is 17.2 Å². The van der Waals surface area contributed by atoms with Crippen LogP contribution in [0, 0.1) is 0 Å². The van der Waals surface area contributed by atoms with Crippen molar-refractivity contribution in [3.8, 4) is 0 Å². The van der Waals surface area contributed by atoms with Gasteiger partial charge in [0.25, 0.3) is 0 Å². The average molecular weight is 454 g/mol. The number of amides is 1. The monoisotopic (exact) mass is 453 g/mol. The van der Waals surface area contributed by atoms with E-state index in [1.54, 1.807) is 6.92 Å². The number of halogens is 1. The lowest BCUT2D eigenvalue weighted by Crippen LogP contribution is -2.74. The van der Waals surface area contributed by atoms with Gasteiger partial charge >= 0.3 is 17.9 Å². The molecule has 1 N–H and O–H groups in total. The van der Waals surface area contributed by atoms with Gasteiger partial charge < -0.3 is 29.0 Å². The zero-order valence-electron chi connectivity index (χ0n) is 15.8. The summed E-state index contributed by atoms with van der Waals surface area (Å²) < 4.78 is 27.1. The highest BCUT2D eigenvalue weighted by Gasteiger charge is 2.61. The quantitative estimate of drug-likeness (QED) is 0.252. The van der Waals surface area contributed by atoms with E-state index in [1.165, 1.54) is 13.8 Å². The van der Waals surface area contributed by atoms with Crippen LogP contribution in [0.15, 0.2) is 0 Å². The molecule has 1 fully saturated rings.